The zero-order chi connectivity index (χ0) is 58.1. The van der Waals surface area contributed by atoms with Gasteiger partial charge in [0.15, 0.2) is 44.0 Å². The number of hydrogen-bond acceptors (Lipinski definition) is 35. The van der Waals surface area contributed by atoms with Crippen molar-refractivity contribution in [1.29, 1.82) is 0 Å². The topological polar surface area (TPSA) is 554 Å². The first kappa shape index (κ1) is 65.1. The van der Waals surface area contributed by atoms with E-state index < -0.39 is 261 Å². The number of rotatable bonds is 20. The van der Waals surface area contributed by atoms with Gasteiger partial charge in [0.1, 0.15) is 153 Å². The number of hydrogen-bond donors (Lipinski definition) is 21. The van der Waals surface area contributed by atoms with E-state index in [1.54, 1.807) is 0 Å². The Kier molecular flexibility index (Phi) is 23.3. The summed E-state index contributed by atoms with van der Waals surface area (Å²) in [6.07, 6.45) is -62.4. The Morgan fingerprint density at radius 1 is 0.241 bits per heavy atom. The third-order valence-corrected chi connectivity index (χ3v) is 15.1. The van der Waals surface area contributed by atoms with Gasteiger partial charge in [-0.25, -0.2) is 0 Å². The lowest BCUT2D eigenvalue weighted by Gasteiger charge is -2.50. The fourth-order valence-electron chi connectivity index (χ4n) is 10.4. The lowest BCUT2D eigenvalue weighted by Crippen LogP contribution is -2.68. The number of aliphatic hydroxyl groups excluding tert-OH is 21. The normalized spacial score (nSPS) is 53.0. The van der Waals surface area contributed by atoms with E-state index in [1.807, 2.05) is 0 Å². The van der Waals surface area contributed by atoms with Crippen molar-refractivity contribution in [2.24, 2.45) is 5.92 Å². The zero-order valence-corrected chi connectivity index (χ0v) is 42.3. The quantitative estimate of drug-likeness (QED) is 0.0538. The van der Waals surface area contributed by atoms with Crippen LogP contribution in [0.15, 0.2) is 0 Å². The molecule has 79 heavy (non-hydrogen) atoms. The molecule has 7 heterocycles. The van der Waals surface area contributed by atoms with Crippen molar-refractivity contribution in [3.05, 3.63) is 0 Å². The minimum atomic E-state index is -2.21. The van der Waals surface area contributed by atoms with Crippen LogP contribution in [0.3, 0.4) is 0 Å². The molecule has 7 saturated heterocycles. The van der Waals surface area contributed by atoms with Crippen molar-refractivity contribution in [2.45, 2.75) is 216 Å². The first-order valence-electron chi connectivity index (χ1n) is 25.4. The van der Waals surface area contributed by atoms with Crippen LogP contribution in [0, 0.1) is 5.92 Å². The zero-order valence-electron chi connectivity index (χ0n) is 42.3. The Morgan fingerprint density at radius 2 is 0.405 bits per heavy atom. The monoisotopic (exact) mass is 1160 g/mol. The second kappa shape index (κ2) is 28.2. The fourth-order valence-corrected chi connectivity index (χ4v) is 10.4. The molecule has 0 bridgehead atoms. The Hall–Kier alpha value is -1.40. The maximum absolute atomic E-state index is 11.3. The molecular formula is C44H76O35. The molecule has 0 aromatic rings. The first-order valence-corrected chi connectivity index (χ1v) is 25.4. The summed E-state index contributed by atoms with van der Waals surface area (Å²) in [7, 11) is 1.16. The highest BCUT2D eigenvalue weighted by molar-refractivity contribution is 5.01. The molecule has 0 amide bonds. The smallest absolute Gasteiger partial charge is 0.187 e. The summed E-state index contributed by atoms with van der Waals surface area (Å²) in [5.41, 5.74) is 0. The molecule has 7 aliphatic rings. The average molecular weight is 1170 g/mol. The second-order valence-electron chi connectivity index (χ2n) is 20.1. The summed E-state index contributed by atoms with van der Waals surface area (Å²) >= 11 is 0. The fraction of sp³-hybridized carbons (Fsp3) is 1.00. The molecule has 0 aliphatic carbocycles. The van der Waals surface area contributed by atoms with Crippen LogP contribution in [0.2, 0.25) is 0 Å². The SMILES string of the molecule is COC1OC(CO)C(OC2OC(CO)C(OC3OC(CO)C(OC4OC(CO)C(OC5OC(CO)C(OC6OC(CO)C(OC7OC(CO)[C@@H](C)C(O)C7O)C(O)C6O)C(O)C5O)C(O)C4O)C(O)C3O)C(O)C2O)C(O)C1O. The van der Waals surface area contributed by atoms with Crippen LogP contribution in [0.4, 0.5) is 0 Å². The van der Waals surface area contributed by atoms with Crippen molar-refractivity contribution in [3.8, 4) is 0 Å². The Balaban J connectivity index is 0.946. The van der Waals surface area contributed by atoms with Crippen molar-refractivity contribution < 1.29 is 174 Å². The highest BCUT2D eigenvalue weighted by Crippen LogP contribution is 2.38. The first-order chi connectivity index (χ1) is 37.5. The van der Waals surface area contributed by atoms with Gasteiger partial charge in [0.2, 0.25) is 0 Å². The average Bonchev–Trinajstić information content (AvgIpc) is 3.48. The van der Waals surface area contributed by atoms with E-state index in [0.717, 1.165) is 7.11 Å². The van der Waals surface area contributed by atoms with Crippen molar-refractivity contribution in [2.75, 3.05) is 53.4 Å². The van der Waals surface area contributed by atoms with Gasteiger partial charge in [-0.1, -0.05) is 6.92 Å². The van der Waals surface area contributed by atoms with Gasteiger partial charge in [-0.3, -0.25) is 0 Å². The standard InChI is InChI=1S/C44H76O35/c1-10-11(3-45)67-39(25(59)18(10)52)74-33-13(5-47)69-41(27(61)20(33)54)76-35-15(7-49)71-43(29(63)22(35)56)78-37-17(9-51)73-44(31(65)24(37)58)79-36-16(8-50)72-42(30(64)23(36)57)77-34-14(6-48)70-40(28(62)21(34)55)75-32-12(4-46)68-38(66-2)26(60)19(32)53/h10-65H,3-9H2,1-2H3/t10-,11?,12?,13?,14?,15?,16?,17?,18?,19?,20?,21?,22?,23?,24?,25?,26?,27?,28?,29?,30?,31?,32?,33?,34?,35?,36?,37?,38?,39?,40?,41?,42?,43?,44?/m1/s1. The van der Waals surface area contributed by atoms with Gasteiger partial charge in [-0.05, 0) is 0 Å². The van der Waals surface area contributed by atoms with E-state index in [0.29, 0.717) is 0 Å². The maximum Gasteiger partial charge on any atom is 0.187 e. The maximum atomic E-state index is 11.3. The van der Waals surface area contributed by atoms with E-state index in [2.05, 4.69) is 0 Å². The van der Waals surface area contributed by atoms with Gasteiger partial charge in [0, 0.05) is 13.0 Å². The molecule has 0 radical (unpaired) electrons. The van der Waals surface area contributed by atoms with E-state index in [1.165, 1.54) is 6.92 Å². The highest BCUT2D eigenvalue weighted by Gasteiger charge is 2.58. The van der Waals surface area contributed by atoms with Gasteiger partial charge >= 0.3 is 0 Å². The second-order valence-corrected chi connectivity index (χ2v) is 20.1. The van der Waals surface area contributed by atoms with Gasteiger partial charge in [-0.2, -0.15) is 0 Å². The van der Waals surface area contributed by atoms with E-state index in [9.17, 15) is 107 Å². The third kappa shape index (κ3) is 13.4. The molecule has 35 nitrogen and oxygen atoms in total. The predicted octanol–water partition coefficient (Wildman–Crippen LogP) is -14.3. The minimum absolute atomic E-state index is 0.592. The molecule has 34 unspecified atom stereocenters. The van der Waals surface area contributed by atoms with Crippen LogP contribution in [0.25, 0.3) is 0 Å². The summed E-state index contributed by atoms with van der Waals surface area (Å²) in [5.74, 6) is -0.751. The summed E-state index contributed by atoms with van der Waals surface area (Å²) in [6, 6.07) is 0. The van der Waals surface area contributed by atoms with Gasteiger partial charge in [0.05, 0.1) is 58.5 Å². The van der Waals surface area contributed by atoms with Gasteiger partial charge < -0.3 is 174 Å². The van der Waals surface area contributed by atoms with Crippen LogP contribution in [0.5, 0.6) is 0 Å². The lowest BCUT2D eigenvalue weighted by atomic mass is 9.91. The Bertz CT molecular complexity index is 1820. The van der Waals surface area contributed by atoms with Crippen molar-refractivity contribution in [1.82, 2.24) is 0 Å². The van der Waals surface area contributed by atoms with Crippen LogP contribution in [0.1, 0.15) is 6.92 Å². The molecule has 0 aromatic carbocycles. The molecule has 462 valence electrons. The van der Waals surface area contributed by atoms with Gasteiger partial charge in [-0.15, -0.1) is 0 Å². The molecule has 35 heteroatoms. The summed E-state index contributed by atoms with van der Waals surface area (Å²) in [5, 5.41) is 225. The van der Waals surface area contributed by atoms with E-state index >= 15 is 0 Å². The molecule has 7 aliphatic heterocycles. The van der Waals surface area contributed by atoms with Crippen LogP contribution in [-0.2, 0) is 66.3 Å². The number of ether oxygens (including phenoxy) is 14. The van der Waals surface area contributed by atoms with Crippen LogP contribution >= 0.6 is 0 Å². The molecule has 21 N–H and O–H groups in total. The van der Waals surface area contributed by atoms with Gasteiger partial charge in [0.25, 0.3) is 0 Å². The largest absolute Gasteiger partial charge is 0.394 e. The van der Waals surface area contributed by atoms with E-state index in [-0.39, 0.29) is 0 Å². The summed E-state index contributed by atoms with van der Waals surface area (Å²) in [6.45, 7) is -4.89. The minimum Gasteiger partial charge on any atom is -0.394 e. The lowest BCUT2D eigenvalue weighted by molar-refractivity contribution is -0.397. The van der Waals surface area contributed by atoms with Crippen LogP contribution < -0.4 is 0 Å². The third-order valence-electron chi connectivity index (χ3n) is 15.1. The molecule has 7 fully saturated rings. The number of methoxy groups -OCH3 is 1. The molecule has 7 rings (SSSR count). The predicted molar refractivity (Wildman–Crippen MR) is 240 cm³/mol. The molecular weight excluding hydrogens is 1090 g/mol. The molecule has 0 spiro atoms. The van der Waals surface area contributed by atoms with Crippen molar-refractivity contribution in [3.63, 3.8) is 0 Å². The molecule has 0 aromatic heterocycles. The van der Waals surface area contributed by atoms with E-state index in [4.69, 9.17) is 66.3 Å². The summed E-state index contributed by atoms with van der Waals surface area (Å²) < 4.78 is 78.1. The Labute approximate surface area is 448 Å². The highest BCUT2D eigenvalue weighted by atomic mass is 16.8. The molecule has 0 saturated carbocycles. The number of aliphatic hydroxyl groups is 21. The summed E-state index contributed by atoms with van der Waals surface area (Å²) in [4.78, 5) is 0. The van der Waals surface area contributed by atoms with Crippen LogP contribution in [-0.4, -0.2) is 369 Å². The molecule has 35 atom stereocenters. The Morgan fingerprint density at radius 3 is 0.595 bits per heavy atom. The van der Waals surface area contributed by atoms with Crippen molar-refractivity contribution >= 4 is 0 Å².